The molecule has 0 saturated heterocycles. The second kappa shape index (κ2) is 4.70. The molecule has 1 fully saturated rings. The molecule has 2 aromatic heterocycles. The van der Waals surface area contributed by atoms with E-state index in [9.17, 15) is 4.79 Å². The zero-order valence-electron chi connectivity index (χ0n) is 10.4. The lowest BCUT2D eigenvalue weighted by Crippen LogP contribution is -2.29. The van der Waals surface area contributed by atoms with Gasteiger partial charge in [-0.25, -0.2) is 4.98 Å². The van der Waals surface area contributed by atoms with Crippen LogP contribution < -0.4 is 5.32 Å². The van der Waals surface area contributed by atoms with Gasteiger partial charge in [-0.3, -0.25) is 9.89 Å². The summed E-state index contributed by atoms with van der Waals surface area (Å²) in [6.45, 7) is 1.85. The van der Waals surface area contributed by atoms with Gasteiger partial charge < -0.3 is 9.88 Å². The van der Waals surface area contributed by atoms with E-state index in [0.29, 0.717) is 22.6 Å². The van der Waals surface area contributed by atoms with E-state index < -0.39 is 0 Å². The third kappa shape index (κ3) is 2.49. The summed E-state index contributed by atoms with van der Waals surface area (Å²) in [6, 6.07) is 1.88. The Hall–Kier alpha value is -1.82. The van der Waals surface area contributed by atoms with Gasteiger partial charge in [-0.15, -0.1) is 0 Å². The maximum Gasteiger partial charge on any atom is 0.268 e. The van der Waals surface area contributed by atoms with Crippen LogP contribution in [0.25, 0.3) is 0 Å². The van der Waals surface area contributed by atoms with Crippen molar-refractivity contribution in [2.24, 2.45) is 0 Å². The largest absolute Gasteiger partial charge is 0.341 e. The zero-order valence-corrected chi connectivity index (χ0v) is 11.2. The standard InChI is InChI=1S/C12H14ClN5O/c1-7(11-14-6-15-17-11)16-12(19)10-4-8(13)5-18(10)9-2-3-9/h4-7,9H,2-3H2,1H3,(H,16,19)(H,14,15,17). The predicted molar refractivity (Wildman–Crippen MR) is 70.0 cm³/mol. The molecule has 3 rings (SSSR count). The lowest BCUT2D eigenvalue weighted by molar-refractivity contribution is 0.0928. The fraction of sp³-hybridized carbons (Fsp3) is 0.417. The van der Waals surface area contributed by atoms with Crippen LogP contribution >= 0.6 is 11.6 Å². The third-order valence-electron chi connectivity index (χ3n) is 3.18. The van der Waals surface area contributed by atoms with Gasteiger partial charge in [0, 0.05) is 12.2 Å². The summed E-state index contributed by atoms with van der Waals surface area (Å²) in [5, 5.41) is 9.98. The van der Waals surface area contributed by atoms with Gasteiger partial charge in [0.15, 0.2) is 0 Å². The fourth-order valence-electron chi connectivity index (χ4n) is 2.04. The van der Waals surface area contributed by atoms with E-state index in [4.69, 9.17) is 11.6 Å². The molecule has 1 atom stereocenters. The van der Waals surface area contributed by atoms with Crippen LogP contribution in [0.3, 0.4) is 0 Å². The van der Waals surface area contributed by atoms with Gasteiger partial charge >= 0.3 is 0 Å². The van der Waals surface area contributed by atoms with Gasteiger partial charge in [0.2, 0.25) is 0 Å². The number of aromatic nitrogens is 4. The van der Waals surface area contributed by atoms with Crippen molar-refractivity contribution in [3.05, 3.63) is 35.1 Å². The van der Waals surface area contributed by atoms with Crippen molar-refractivity contribution in [2.75, 3.05) is 0 Å². The second-order valence-corrected chi connectivity index (χ2v) is 5.18. The number of halogens is 1. The molecule has 1 amide bonds. The van der Waals surface area contributed by atoms with Gasteiger partial charge in [0.05, 0.1) is 11.1 Å². The van der Waals surface area contributed by atoms with E-state index in [2.05, 4.69) is 20.5 Å². The molecule has 1 saturated carbocycles. The van der Waals surface area contributed by atoms with Gasteiger partial charge in [-0.1, -0.05) is 11.6 Å². The van der Waals surface area contributed by atoms with Crippen LogP contribution in [-0.4, -0.2) is 25.7 Å². The molecule has 1 unspecified atom stereocenters. The van der Waals surface area contributed by atoms with E-state index in [1.54, 1.807) is 6.07 Å². The summed E-state index contributed by atoms with van der Waals surface area (Å²) >= 11 is 5.99. The molecular formula is C12H14ClN5O. The molecule has 1 aliphatic carbocycles. The van der Waals surface area contributed by atoms with E-state index in [1.165, 1.54) is 6.33 Å². The molecule has 0 radical (unpaired) electrons. The Labute approximate surface area is 115 Å². The van der Waals surface area contributed by atoms with Gasteiger partial charge in [0.25, 0.3) is 5.91 Å². The zero-order chi connectivity index (χ0) is 13.4. The van der Waals surface area contributed by atoms with Crippen molar-refractivity contribution in [3.8, 4) is 0 Å². The van der Waals surface area contributed by atoms with Crippen molar-refractivity contribution < 1.29 is 4.79 Å². The smallest absolute Gasteiger partial charge is 0.268 e. The summed E-state index contributed by atoms with van der Waals surface area (Å²) in [5.74, 6) is 0.478. The number of amides is 1. The molecule has 19 heavy (non-hydrogen) atoms. The van der Waals surface area contributed by atoms with Crippen molar-refractivity contribution >= 4 is 17.5 Å². The van der Waals surface area contributed by atoms with Crippen molar-refractivity contribution in [1.29, 1.82) is 0 Å². The molecule has 0 spiro atoms. The number of aromatic amines is 1. The number of nitrogens with one attached hydrogen (secondary N) is 2. The Morgan fingerprint density at radius 2 is 2.42 bits per heavy atom. The number of hydrogen-bond acceptors (Lipinski definition) is 3. The highest BCUT2D eigenvalue weighted by Gasteiger charge is 2.28. The van der Waals surface area contributed by atoms with Crippen LogP contribution in [0.5, 0.6) is 0 Å². The molecule has 2 aromatic rings. The summed E-state index contributed by atoms with van der Waals surface area (Å²) in [6.07, 6.45) is 5.43. The highest BCUT2D eigenvalue weighted by Crippen LogP contribution is 2.37. The van der Waals surface area contributed by atoms with Crippen LogP contribution in [0.15, 0.2) is 18.6 Å². The SMILES string of the molecule is CC(NC(=O)c1cc(Cl)cn1C1CC1)c1ncn[nH]1. The van der Waals surface area contributed by atoms with Crippen LogP contribution in [0.2, 0.25) is 5.02 Å². The monoisotopic (exact) mass is 279 g/mol. The topological polar surface area (TPSA) is 75.6 Å². The molecule has 0 bridgehead atoms. The summed E-state index contributed by atoms with van der Waals surface area (Å²) in [4.78, 5) is 16.3. The van der Waals surface area contributed by atoms with Crippen molar-refractivity contribution in [3.63, 3.8) is 0 Å². The molecule has 1 aliphatic rings. The molecule has 6 nitrogen and oxygen atoms in total. The quantitative estimate of drug-likeness (QED) is 0.900. The minimum atomic E-state index is -0.226. The van der Waals surface area contributed by atoms with Crippen LogP contribution in [0.4, 0.5) is 0 Å². The first-order valence-corrected chi connectivity index (χ1v) is 6.56. The number of rotatable bonds is 4. The minimum absolute atomic E-state index is 0.150. The number of carbonyl (C=O) groups excluding carboxylic acids is 1. The maximum atomic E-state index is 12.3. The molecule has 2 heterocycles. The predicted octanol–water partition coefficient (Wildman–Crippen LogP) is 2.09. The first-order chi connectivity index (χ1) is 9.15. The van der Waals surface area contributed by atoms with E-state index in [1.807, 2.05) is 17.7 Å². The lowest BCUT2D eigenvalue weighted by atomic mass is 10.3. The normalized spacial score (nSPS) is 16.3. The summed E-state index contributed by atoms with van der Waals surface area (Å²) in [5.41, 5.74) is 0.596. The van der Waals surface area contributed by atoms with E-state index in [-0.39, 0.29) is 11.9 Å². The minimum Gasteiger partial charge on any atom is -0.341 e. The molecule has 7 heteroatoms. The van der Waals surface area contributed by atoms with Gasteiger partial charge in [-0.05, 0) is 25.8 Å². The van der Waals surface area contributed by atoms with Crippen LogP contribution in [0, 0.1) is 0 Å². The highest BCUT2D eigenvalue weighted by molar-refractivity contribution is 6.31. The highest BCUT2D eigenvalue weighted by atomic mass is 35.5. The van der Waals surface area contributed by atoms with Crippen molar-refractivity contribution in [1.82, 2.24) is 25.1 Å². The van der Waals surface area contributed by atoms with E-state index >= 15 is 0 Å². The van der Waals surface area contributed by atoms with Crippen molar-refractivity contribution in [2.45, 2.75) is 31.8 Å². The summed E-state index contributed by atoms with van der Waals surface area (Å²) in [7, 11) is 0. The van der Waals surface area contributed by atoms with Gasteiger partial charge in [-0.2, -0.15) is 5.10 Å². The number of H-pyrrole nitrogens is 1. The first-order valence-electron chi connectivity index (χ1n) is 6.18. The number of nitrogens with zero attached hydrogens (tertiary/aromatic N) is 3. The van der Waals surface area contributed by atoms with E-state index in [0.717, 1.165) is 12.8 Å². The number of carbonyl (C=O) groups is 1. The molecule has 100 valence electrons. The lowest BCUT2D eigenvalue weighted by Gasteiger charge is -2.12. The fourth-order valence-corrected chi connectivity index (χ4v) is 2.25. The second-order valence-electron chi connectivity index (χ2n) is 4.75. The Bertz CT molecular complexity index is 587. The Morgan fingerprint density at radius 1 is 1.63 bits per heavy atom. The molecule has 2 N–H and O–H groups in total. The Balaban J connectivity index is 1.77. The Morgan fingerprint density at radius 3 is 3.05 bits per heavy atom. The molecule has 0 aliphatic heterocycles. The maximum absolute atomic E-state index is 12.3. The number of hydrogen-bond donors (Lipinski definition) is 2. The van der Waals surface area contributed by atoms with Crippen LogP contribution in [-0.2, 0) is 0 Å². The Kier molecular flexibility index (Phi) is 3.02. The van der Waals surface area contributed by atoms with Crippen LogP contribution in [0.1, 0.15) is 48.2 Å². The average Bonchev–Trinajstić information content (AvgIpc) is 2.91. The third-order valence-corrected chi connectivity index (χ3v) is 3.39. The molecular weight excluding hydrogens is 266 g/mol. The molecule has 0 aromatic carbocycles. The summed E-state index contributed by atoms with van der Waals surface area (Å²) < 4.78 is 1.95. The first kappa shape index (κ1) is 12.2. The average molecular weight is 280 g/mol. The van der Waals surface area contributed by atoms with Gasteiger partial charge in [0.1, 0.15) is 17.8 Å².